The molecule has 1 amide bonds. The summed E-state index contributed by atoms with van der Waals surface area (Å²) in [6.45, 7) is 1.42. The van der Waals surface area contributed by atoms with Crippen LogP contribution in [-0.2, 0) is 11.3 Å². The minimum Gasteiger partial charge on any atom is -0.378 e. The Bertz CT molecular complexity index is 655. The molecule has 1 saturated heterocycles. The molecule has 2 aliphatic rings. The molecule has 7 heteroatoms. The Balaban J connectivity index is 1.37. The van der Waals surface area contributed by atoms with E-state index >= 15 is 0 Å². The first-order valence-electron chi connectivity index (χ1n) is 7.52. The van der Waals surface area contributed by atoms with Gasteiger partial charge in [0.05, 0.1) is 12.6 Å². The standard InChI is InChI=1S/C15H17N5O2/c21-15(17-13-7-14-12(13)5-6-22-14)11-3-1-10(2-4-11)8-20-9-16-18-19-20/h1-4,9,12-14H,5-8H2,(H,17,21)/t12-,13+,14+/m0/s1. The zero-order chi connectivity index (χ0) is 14.9. The number of hydrogen-bond donors (Lipinski definition) is 1. The fourth-order valence-electron chi connectivity index (χ4n) is 3.22. The van der Waals surface area contributed by atoms with Gasteiger partial charge in [0.1, 0.15) is 6.33 Å². The van der Waals surface area contributed by atoms with Crippen molar-refractivity contribution >= 4 is 5.91 Å². The summed E-state index contributed by atoms with van der Waals surface area (Å²) < 4.78 is 7.21. The molecule has 2 heterocycles. The van der Waals surface area contributed by atoms with Crippen LogP contribution in [0.5, 0.6) is 0 Å². The van der Waals surface area contributed by atoms with Crippen LogP contribution >= 0.6 is 0 Å². The molecule has 0 spiro atoms. The Hall–Kier alpha value is -2.28. The predicted molar refractivity (Wildman–Crippen MR) is 77.1 cm³/mol. The Labute approximate surface area is 127 Å². The third-order valence-corrected chi connectivity index (χ3v) is 4.53. The van der Waals surface area contributed by atoms with E-state index in [1.807, 2.05) is 24.3 Å². The number of benzene rings is 1. The summed E-state index contributed by atoms with van der Waals surface area (Å²) in [7, 11) is 0. The van der Waals surface area contributed by atoms with Gasteiger partial charge >= 0.3 is 0 Å². The van der Waals surface area contributed by atoms with Gasteiger partial charge in [-0.2, -0.15) is 0 Å². The van der Waals surface area contributed by atoms with Crippen LogP contribution in [0, 0.1) is 5.92 Å². The zero-order valence-corrected chi connectivity index (χ0v) is 12.1. The van der Waals surface area contributed by atoms with Gasteiger partial charge in [-0.1, -0.05) is 12.1 Å². The molecule has 1 aromatic heterocycles. The van der Waals surface area contributed by atoms with E-state index in [0.29, 0.717) is 24.1 Å². The molecule has 1 aliphatic carbocycles. The Morgan fingerprint density at radius 1 is 1.36 bits per heavy atom. The van der Waals surface area contributed by atoms with E-state index in [1.54, 1.807) is 11.0 Å². The van der Waals surface area contributed by atoms with E-state index in [1.165, 1.54) is 0 Å². The van der Waals surface area contributed by atoms with Crippen LogP contribution in [0.3, 0.4) is 0 Å². The second-order valence-electron chi connectivity index (χ2n) is 5.88. The van der Waals surface area contributed by atoms with Gasteiger partial charge in [-0.05, 0) is 41.0 Å². The van der Waals surface area contributed by atoms with Gasteiger partial charge in [-0.15, -0.1) is 5.10 Å². The average molecular weight is 299 g/mol. The molecule has 1 aromatic carbocycles. The molecule has 22 heavy (non-hydrogen) atoms. The number of carbonyl (C=O) groups is 1. The normalized spacial score (nSPS) is 26.3. The van der Waals surface area contributed by atoms with Crippen LogP contribution < -0.4 is 5.32 Å². The van der Waals surface area contributed by atoms with Crippen molar-refractivity contribution in [2.24, 2.45) is 5.92 Å². The lowest BCUT2D eigenvalue weighted by molar-refractivity contribution is 0.00810. The van der Waals surface area contributed by atoms with E-state index in [0.717, 1.165) is 25.0 Å². The van der Waals surface area contributed by atoms with Crippen molar-refractivity contribution in [3.05, 3.63) is 41.7 Å². The Morgan fingerprint density at radius 2 is 2.23 bits per heavy atom. The molecule has 7 nitrogen and oxygen atoms in total. The molecule has 1 aliphatic heterocycles. The maximum atomic E-state index is 12.3. The monoisotopic (exact) mass is 299 g/mol. The number of rotatable bonds is 4. The fraction of sp³-hybridized carbons (Fsp3) is 0.467. The summed E-state index contributed by atoms with van der Waals surface area (Å²) in [4.78, 5) is 12.3. The largest absolute Gasteiger partial charge is 0.378 e. The predicted octanol–water partition coefficient (Wildman–Crippen LogP) is 0.629. The van der Waals surface area contributed by atoms with Gasteiger partial charge in [-0.25, -0.2) is 4.68 Å². The van der Waals surface area contributed by atoms with Crippen LogP contribution in [0.15, 0.2) is 30.6 Å². The summed E-state index contributed by atoms with van der Waals surface area (Å²) in [6, 6.07) is 7.81. The number of fused-ring (bicyclic) bond motifs is 1. The summed E-state index contributed by atoms with van der Waals surface area (Å²) in [5.74, 6) is 0.493. The molecule has 1 saturated carbocycles. The van der Waals surface area contributed by atoms with Crippen LogP contribution in [0.1, 0.15) is 28.8 Å². The van der Waals surface area contributed by atoms with Crippen molar-refractivity contribution in [2.45, 2.75) is 31.5 Å². The van der Waals surface area contributed by atoms with Crippen molar-refractivity contribution in [2.75, 3.05) is 6.61 Å². The molecule has 114 valence electrons. The lowest BCUT2D eigenvalue weighted by Gasteiger charge is -2.39. The van der Waals surface area contributed by atoms with Crippen molar-refractivity contribution in [3.8, 4) is 0 Å². The molecule has 0 bridgehead atoms. The van der Waals surface area contributed by atoms with Crippen LogP contribution in [0.25, 0.3) is 0 Å². The molecule has 0 radical (unpaired) electrons. The molecule has 2 aromatic rings. The molecule has 4 rings (SSSR count). The smallest absolute Gasteiger partial charge is 0.251 e. The summed E-state index contributed by atoms with van der Waals surface area (Å²) >= 11 is 0. The highest BCUT2D eigenvalue weighted by molar-refractivity contribution is 5.94. The van der Waals surface area contributed by atoms with E-state index in [9.17, 15) is 4.79 Å². The first kappa shape index (κ1) is 13.4. The SMILES string of the molecule is O=C(N[C@@H]1C[C@H]2OCC[C@@H]12)c1ccc(Cn2cnnn2)cc1. The highest BCUT2D eigenvalue weighted by Gasteiger charge is 2.45. The first-order valence-corrected chi connectivity index (χ1v) is 7.52. The molecule has 0 unspecified atom stereocenters. The maximum absolute atomic E-state index is 12.3. The van der Waals surface area contributed by atoms with Crippen molar-refractivity contribution < 1.29 is 9.53 Å². The number of aromatic nitrogens is 4. The summed E-state index contributed by atoms with van der Waals surface area (Å²) in [6.07, 6.45) is 3.93. The highest BCUT2D eigenvalue weighted by atomic mass is 16.5. The number of carbonyl (C=O) groups excluding carboxylic acids is 1. The second-order valence-corrected chi connectivity index (χ2v) is 5.88. The van der Waals surface area contributed by atoms with Crippen LogP contribution in [0.2, 0.25) is 0 Å². The fourth-order valence-corrected chi connectivity index (χ4v) is 3.22. The number of ether oxygens (including phenoxy) is 1. The van der Waals surface area contributed by atoms with Gasteiger partial charge in [0.2, 0.25) is 0 Å². The first-order chi connectivity index (χ1) is 10.8. The number of amides is 1. The van der Waals surface area contributed by atoms with Crippen molar-refractivity contribution in [1.29, 1.82) is 0 Å². The Kier molecular flexibility index (Phi) is 3.34. The van der Waals surface area contributed by atoms with E-state index in [4.69, 9.17) is 4.74 Å². The van der Waals surface area contributed by atoms with E-state index in [-0.39, 0.29) is 11.9 Å². The van der Waals surface area contributed by atoms with Crippen molar-refractivity contribution in [1.82, 2.24) is 25.5 Å². The maximum Gasteiger partial charge on any atom is 0.251 e. The molecule has 2 fully saturated rings. The topological polar surface area (TPSA) is 81.9 Å². The average Bonchev–Trinajstić information content (AvgIpc) is 3.15. The quantitative estimate of drug-likeness (QED) is 0.895. The lowest BCUT2D eigenvalue weighted by atomic mass is 9.76. The van der Waals surface area contributed by atoms with Crippen LogP contribution in [-0.4, -0.2) is 44.9 Å². The number of hydrogen-bond acceptors (Lipinski definition) is 5. The van der Waals surface area contributed by atoms with Gasteiger partial charge < -0.3 is 10.1 Å². The number of tetrazole rings is 1. The minimum absolute atomic E-state index is 0.00989. The van der Waals surface area contributed by atoms with Gasteiger partial charge in [0.25, 0.3) is 5.91 Å². The van der Waals surface area contributed by atoms with E-state index < -0.39 is 0 Å². The van der Waals surface area contributed by atoms with Gasteiger partial charge in [0, 0.05) is 24.1 Å². The number of nitrogens with zero attached hydrogens (tertiary/aromatic N) is 4. The van der Waals surface area contributed by atoms with Crippen LogP contribution in [0.4, 0.5) is 0 Å². The summed E-state index contributed by atoms with van der Waals surface area (Å²) in [5.41, 5.74) is 1.74. The second kappa shape index (κ2) is 5.49. The number of nitrogens with one attached hydrogen (secondary N) is 1. The highest BCUT2D eigenvalue weighted by Crippen LogP contribution is 2.38. The minimum atomic E-state index is -0.00989. The lowest BCUT2D eigenvalue weighted by Crippen LogP contribution is -2.53. The molecule has 1 N–H and O–H groups in total. The third-order valence-electron chi connectivity index (χ3n) is 4.53. The van der Waals surface area contributed by atoms with Crippen molar-refractivity contribution in [3.63, 3.8) is 0 Å². The van der Waals surface area contributed by atoms with Gasteiger partial charge in [0.15, 0.2) is 0 Å². The molecular weight excluding hydrogens is 282 g/mol. The van der Waals surface area contributed by atoms with Gasteiger partial charge in [-0.3, -0.25) is 4.79 Å². The zero-order valence-electron chi connectivity index (χ0n) is 12.1. The summed E-state index contributed by atoms with van der Waals surface area (Å²) in [5, 5.41) is 14.1. The molecular formula is C15H17N5O2. The van der Waals surface area contributed by atoms with E-state index in [2.05, 4.69) is 20.8 Å². The third kappa shape index (κ3) is 2.48. The Morgan fingerprint density at radius 3 is 2.95 bits per heavy atom. The molecule has 3 atom stereocenters.